The van der Waals surface area contributed by atoms with Crippen molar-refractivity contribution in [2.24, 2.45) is 5.92 Å². The summed E-state index contributed by atoms with van der Waals surface area (Å²) in [7, 11) is 0. The van der Waals surface area contributed by atoms with Crippen molar-refractivity contribution in [3.05, 3.63) is 65.2 Å². The number of rotatable bonds is 9. The predicted molar refractivity (Wildman–Crippen MR) is 112 cm³/mol. The molecule has 0 saturated carbocycles. The lowest BCUT2D eigenvalue weighted by Gasteiger charge is -2.12. The number of benzene rings is 2. The molecule has 0 unspecified atom stereocenters. The highest BCUT2D eigenvalue weighted by Gasteiger charge is 2.14. The van der Waals surface area contributed by atoms with Gasteiger partial charge in [0, 0.05) is 13.0 Å². The minimum Gasteiger partial charge on any atom is -0.456 e. The molecule has 2 aromatic rings. The van der Waals surface area contributed by atoms with Crippen molar-refractivity contribution in [2.75, 3.05) is 11.9 Å². The second-order valence-corrected chi connectivity index (χ2v) is 7.36. The van der Waals surface area contributed by atoms with Crippen molar-refractivity contribution in [1.82, 2.24) is 5.32 Å². The van der Waals surface area contributed by atoms with E-state index in [4.69, 9.17) is 4.74 Å². The Labute approximate surface area is 171 Å². The zero-order valence-electron chi connectivity index (χ0n) is 17.2. The second-order valence-electron chi connectivity index (χ2n) is 7.36. The van der Waals surface area contributed by atoms with Crippen LogP contribution in [-0.4, -0.2) is 24.4 Å². The average Bonchev–Trinajstić information content (AvgIpc) is 2.70. The van der Waals surface area contributed by atoms with E-state index in [2.05, 4.69) is 10.6 Å². The van der Waals surface area contributed by atoms with Crippen molar-refractivity contribution < 1.29 is 19.1 Å². The number of nitrogens with one attached hydrogen (secondary N) is 2. The number of esters is 1. The lowest BCUT2D eigenvalue weighted by Crippen LogP contribution is -2.26. The van der Waals surface area contributed by atoms with Gasteiger partial charge in [0.1, 0.15) is 0 Å². The summed E-state index contributed by atoms with van der Waals surface area (Å²) in [5, 5.41) is 5.49. The average molecular weight is 396 g/mol. The van der Waals surface area contributed by atoms with Crippen LogP contribution in [-0.2, 0) is 20.9 Å². The van der Waals surface area contributed by atoms with Gasteiger partial charge in [-0.1, -0.05) is 55.8 Å². The Bertz CT molecular complexity index is 844. The molecule has 29 heavy (non-hydrogen) atoms. The zero-order valence-corrected chi connectivity index (χ0v) is 17.2. The van der Waals surface area contributed by atoms with Gasteiger partial charge in [0.2, 0.25) is 0 Å². The van der Waals surface area contributed by atoms with Crippen LogP contribution in [0.2, 0.25) is 0 Å². The molecule has 0 aliphatic carbocycles. The normalized spacial score (nSPS) is 10.5. The largest absolute Gasteiger partial charge is 0.456 e. The van der Waals surface area contributed by atoms with Gasteiger partial charge in [-0.15, -0.1) is 0 Å². The second kappa shape index (κ2) is 11.0. The fraction of sp³-hybridized carbons (Fsp3) is 0.348. The lowest BCUT2D eigenvalue weighted by molar-refractivity contribution is -0.147. The Kier molecular flexibility index (Phi) is 8.40. The minimum absolute atomic E-state index is 0.281. The molecule has 0 fully saturated rings. The van der Waals surface area contributed by atoms with Crippen LogP contribution in [0.4, 0.5) is 5.69 Å². The predicted octanol–water partition coefficient (Wildman–Crippen LogP) is 3.84. The molecule has 154 valence electrons. The third-order valence-electron chi connectivity index (χ3n) is 4.31. The number of anilines is 1. The van der Waals surface area contributed by atoms with Crippen LogP contribution in [0.5, 0.6) is 0 Å². The van der Waals surface area contributed by atoms with Gasteiger partial charge in [-0.25, -0.2) is 0 Å². The smallest absolute Gasteiger partial charge is 0.306 e. The van der Waals surface area contributed by atoms with Crippen LogP contribution in [0.25, 0.3) is 0 Å². The number of para-hydroxylation sites is 1. The van der Waals surface area contributed by atoms with Gasteiger partial charge in [-0.3, -0.25) is 14.4 Å². The van der Waals surface area contributed by atoms with Gasteiger partial charge in [-0.05, 0) is 37.0 Å². The molecule has 6 nitrogen and oxygen atoms in total. The highest BCUT2D eigenvalue weighted by Crippen LogP contribution is 2.15. The number of hydrogen-bond acceptors (Lipinski definition) is 4. The molecule has 0 aliphatic rings. The quantitative estimate of drug-likeness (QED) is 0.631. The Morgan fingerprint density at radius 2 is 1.69 bits per heavy atom. The summed E-state index contributed by atoms with van der Waals surface area (Å²) < 4.78 is 4.99. The van der Waals surface area contributed by atoms with Gasteiger partial charge < -0.3 is 15.4 Å². The van der Waals surface area contributed by atoms with Crippen LogP contribution in [0.1, 0.15) is 48.2 Å². The number of aryl methyl sites for hydroxylation is 1. The monoisotopic (exact) mass is 396 g/mol. The topological polar surface area (TPSA) is 84.5 Å². The van der Waals surface area contributed by atoms with E-state index in [0.29, 0.717) is 30.1 Å². The molecule has 0 atom stereocenters. The van der Waals surface area contributed by atoms with Gasteiger partial charge in [0.05, 0.1) is 11.3 Å². The summed E-state index contributed by atoms with van der Waals surface area (Å²) >= 11 is 0. The van der Waals surface area contributed by atoms with Crippen molar-refractivity contribution in [3.8, 4) is 0 Å². The molecule has 0 saturated heterocycles. The molecule has 2 amide bonds. The molecule has 0 bridgehead atoms. The van der Waals surface area contributed by atoms with E-state index >= 15 is 0 Å². The summed E-state index contributed by atoms with van der Waals surface area (Å²) in [5.41, 5.74) is 2.85. The molecule has 0 aliphatic heterocycles. The van der Waals surface area contributed by atoms with Crippen LogP contribution in [0.15, 0.2) is 48.5 Å². The molecule has 2 aromatic carbocycles. The first-order valence-electron chi connectivity index (χ1n) is 9.73. The summed E-state index contributed by atoms with van der Waals surface area (Å²) in [6.45, 7) is 6.04. The van der Waals surface area contributed by atoms with Crippen molar-refractivity contribution >= 4 is 23.5 Å². The first-order valence-corrected chi connectivity index (χ1v) is 9.73. The fourth-order valence-corrected chi connectivity index (χ4v) is 2.58. The van der Waals surface area contributed by atoms with E-state index in [0.717, 1.165) is 11.1 Å². The number of ether oxygens (including phenoxy) is 1. The van der Waals surface area contributed by atoms with Crippen LogP contribution >= 0.6 is 0 Å². The first-order chi connectivity index (χ1) is 13.8. The van der Waals surface area contributed by atoms with Crippen LogP contribution < -0.4 is 10.6 Å². The highest BCUT2D eigenvalue weighted by atomic mass is 16.5. The van der Waals surface area contributed by atoms with E-state index in [1.165, 1.54) is 0 Å². The maximum atomic E-state index is 12.6. The number of hydrogen-bond donors (Lipinski definition) is 2. The number of carbonyl (C=O) groups is 3. The Morgan fingerprint density at radius 1 is 1.00 bits per heavy atom. The standard InChI is InChI=1S/C23H28N2O4/c1-16(2)8-13-22(27)29-15-21(26)25-20-7-5-4-6-19(20)23(28)24-14-18-11-9-17(3)10-12-18/h4-7,9-12,16H,8,13-15H2,1-3H3,(H,24,28)(H,25,26). The molecule has 0 spiro atoms. The molecular formula is C23H28N2O4. The van der Waals surface area contributed by atoms with E-state index in [1.54, 1.807) is 24.3 Å². The third kappa shape index (κ3) is 7.78. The van der Waals surface area contributed by atoms with Gasteiger partial charge in [-0.2, -0.15) is 0 Å². The van der Waals surface area contributed by atoms with Gasteiger partial charge in [0.25, 0.3) is 11.8 Å². The summed E-state index contributed by atoms with van der Waals surface area (Å²) in [6, 6.07) is 14.6. The maximum absolute atomic E-state index is 12.6. The molecule has 2 rings (SSSR count). The van der Waals surface area contributed by atoms with Crippen molar-refractivity contribution in [3.63, 3.8) is 0 Å². The first kappa shape index (κ1) is 22.1. The molecule has 6 heteroatoms. The Balaban J connectivity index is 1.90. The van der Waals surface area contributed by atoms with E-state index < -0.39 is 11.9 Å². The van der Waals surface area contributed by atoms with Crippen LogP contribution in [0.3, 0.4) is 0 Å². The van der Waals surface area contributed by atoms with Crippen molar-refractivity contribution in [2.45, 2.75) is 40.2 Å². The maximum Gasteiger partial charge on any atom is 0.306 e. The molecule has 0 aromatic heterocycles. The zero-order chi connectivity index (χ0) is 21.2. The summed E-state index contributed by atoms with van der Waals surface area (Å²) in [5.74, 6) is -0.795. The van der Waals surface area contributed by atoms with Crippen LogP contribution in [0, 0.1) is 12.8 Å². The van der Waals surface area contributed by atoms with E-state index in [1.807, 2.05) is 45.0 Å². The fourth-order valence-electron chi connectivity index (χ4n) is 2.58. The lowest BCUT2D eigenvalue weighted by atomic mass is 10.1. The third-order valence-corrected chi connectivity index (χ3v) is 4.31. The number of carbonyl (C=O) groups excluding carboxylic acids is 3. The van der Waals surface area contributed by atoms with Crippen molar-refractivity contribution in [1.29, 1.82) is 0 Å². The molecule has 0 heterocycles. The van der Waals surface area contributed by atoms with Gasteiger partial charge in [0.15, 0.2) is 6.61 Å². The molecule has 0 radical (unpaired) electrons. The van der Waals surface area contributed by atoms with E-state index in [9.17, 15) is 14.4 Å². The molecular weight excluding hydrogens is 368 g/mol. The minimum atomic E-state index is -0.485. The van der Waals surface area contributed by atoms with Gasteiger partial charge >= 0.3 is 5.97 Å². The summed E-state index contributed by atoms with van der Waals surface area (Å²) in [4.78, 5) is 36.3. The Hall–Kier alpha value is -3.15. The number of amides is 2. The highest BCUT2D eigenvalue weighted by molar-refractivity contribution is 6.04. The SMILES string of the molecule is Cc1ccc(CNC(=O)c2ccccc2NC(=O)COC(=O)CCC(C)C)cc1. The van der Waals surface area contributed by atoms with E-state index in [-0.39, 0.29) is 18.9 Å². The Morgan fingerprint density at radius 3 is 2.38 bits per heavy atom. The molecule has 2 N–H and O–H groups in total. The summed E-state index contributed by atoms with van der Waals surface area (Å²) in [6.07, 6.45) is 0.993.